The Morgan fingerprint density at radius 2 is 1.67 bits per heavy atom. The average Bonchev–Trinajstić information content (AvgIpc) is 2.46. The molecule has 1 amide bonds. The minimum absolute atomic E-state index is 0.0406. The maximum absolute atomic E-state index is 12.9. The zero-order valence-corrected chi connectivity index (χ0v) is 11.2. The van der Waals surface area contributed by atoms with Crippen LogP contribution in [0.5, 0.6) is 0 Å². The average molecular weight is 288 g/mol. The number of amides is 1. The quantitative estimate of drug-likeness (QED) is 0.849. The fourth-order valence-electron chi connectivity index (χ4n) is 1.89. The molecule has 2 rings (SSSR count). The van der Waals surface area contributed by atoms with Crippen molar-refractivity contribution in [1.29, 1.82) is 0 Å². The summed E-state index contributed by atoms with van der Waals surface area (Å²) in [6, 6.07) is 9.23. The van der Waals surface area contributed by atoms with Crippen molar-refractivity contribution >= 4 is 23.3 Å². The Labute approximate surface area is 120 Å². The van der Waals surface area contributed by atoms with Crippen molar-refractivity contribution < 1.29 is 19.1 Å². The number of aromatic carboxylic acids is 1. The second kappa shape index (κ2) is 5.62. The summed E-state index contributed by atoms with van der Waals surface area (Å²) in [5, 5.41) is 8.88. The molecule has 0 aliphatic rings. The zero-order chi connectivity index (χ0) is 15.6. The number of nitrogen functional groups attached to an aromatic ring is 1. The molecule has 2 aromatic rings. The van der Waals surface area contributed by atoms with E-state index in [0.717, 1.165) is 0 Å². The largest absolute Gasteiger partial charge is 0.478 e. The van der Waals surface area contributed by atoms with Gasteiger partial charge in [0.1, 0.15) is 5.82 Å². The van der Waals surface area contributed by atoms with Crippen molar-refractivity contribution in [2.75, 3.05) is 17.7 Å². The van der Waals surface area contributed by atoms with Crippen molar-refractivity contribution in [3.63, 3.8) is 0 Å². The number of carbonyl (C=O) groups is 2. The van der Waals surface area contributed by atoms with Crippen LogP contribution in [0, 0.1) is 5.82 Å². The molecule has 21 heavy (non-hydrogen) atoms. The molecule has 3 N–H and O–H groups in total. The van der Waals surface area contributed by atoms with Gasteiger partial charge in [0.25, 0.3) is 5.91 Å². The van der Waals surface area contributed by atoms with Gasteiger partial charge in [-0.3, -0.25) is 4.79 Å². The fraction of sp³-hybridized carbons (Fsp3) is 0.0667. The summed E-state index contributed by atoms with van der Waals surface area (Å²) in [5.74, 6) is -1.90. The molecule has 0 heterocycles. The number of carbonyl (C=O) groups excluding carboxylic acids is 1. The number of hydrogen-bond acceptors (Lipinski definition) is 3. The maximum atomic E-state index is 12.9. The summed E-state index contributed by atoms with van der Waals surface area (Å²) in [7, 11) is 1.51. The van der Waals surface area contributed by atoms with E-state index in [0.29, 0.717) is 11.3 Å². The number of hydrogen-bond donors (Lipinski definition) is 2. The van der Waals surface area contributed by atoms with Crippen LogP contribution in [0.3, 0.4) is 0 Å². The Morgan fingerprint density at radius 3 is 2.19 bits per heavy atom. The molecule has 0 saturated carbocycles. The van der Waals surface area contributed by atoms with Crippen LogP contribution in [0.2, 0.25) is 0 Å². The van der Waals surface area contributed by atoms with Gasteiger partial charge in [-0.2, -0.15) is 0 Å². The van der Waals surface area contributed by atoms with Crippen LogP contribution in [0.1, 0.15) is 20.7 Å². The van der Waals surface area contributed by atoms with Gasteiger partial charge >= 0.3 is 5.97 Å². The standard InChI is InChI=1S/C15H13FN2O3/c1-18(14(19)9-2-5-11(16)6-3-9)13-7-4-10(15(20)21)8-12(13)17/h2-8H,17H2,1H3,(H,20,21). The van der Waals surface area contributed by atoms with Crippen LogP contribution in [0.25, 0.3) is 0 Å². The predicted molar refractivity (Wildman–Crippen MR) is 76.9 cm³/mol. The molecule has 0 aromatic heterocycles. The number of nitrogens with zero attached hydrogens (tertiary/aromatic N) is 1. The van der Waals surface area contributed by atoms with Crippen molar-refractivity contribution in [3.05, 3.63) is 59.4 Å². The summed E-state index contributed by atoms with van der Waals surface area (Å²) in [6.45, 7) is 0. The first-order chi connectivity index (χ1) is 9.90. The minimum atomic E-state index is -1.10. The number of carboxylic acid groups (broad SMARTS) is 1. The van der Waals surface area contributed by atoms with E-state index in [1.54, 1.807) is 0 Å². The lowest BCUT2D eigenvalue weighted by Crippen LogP contribution is -2.27. The SMILES string of the molecule is CN(C(=O)c1ccc(F)cc1)c1ccc(C(=O)O)cc1N. The highest BCUT2D eigenvalue weighted by atomic mass is 19.1. The first-order valence-corrected chi connectivity index (χ1v) is 6.06. The molecule has 2 aromatic carbocycles. The second-order valence-corrected chi connectivity index (χ2v) is 4.45. The highest BCUT2D eigenvalue weighted by Crippen LogP contribution is 2.25. The second-order valence-electron chi connectivity index (χ2n) is 4.45. The maximum Gasteiger partial charge on any atom is 0.335 e. The number of benzene rings is 2. The van der Waals surface area contributed by atoms with Gasteiger partial charge < -0.3 is 15.7 Å². The van der Waals surface area contributed by atoms with Crippen LogP contribution in [0.15, 0.2) is 42.5 Å². The molecule has 0 aliphatic carbocycles. The fourth-order valence-corrected chi connectivity index (χ4v) is 1.89. The molecular formula is C15H13FN2O3. The number of carboxylic acids is 1. The van der Waals surface area contributed by atoms with Crippen molar-refractivity contribution in [3.8, 4) is 0 Å². The number of anilines is 2. The van der Waals surface area contributed by atoms with Crippen LogP contribution in [-0.4, -0.2) is 24.0 Å². The lowest BCUT2D eigenvalue weighted by atomic mass is 10.1. The Bertz CT molecular complexity index is 699. The normalized spacial score (nSPS) is 10.2. The first kappa shape index (κ1) is 14.5. The lowest BCUT2D eigenvalue weighted by Gasteiger charge is -2.19. The van der Waals surface area contributed by atoms with Gasteiger partial charge in [-0.05, 0) is 42.5 Å². The van der Waals surface area contributed by atoms with E-state index in [2.05, 4.69) is 0 Å². The van der Waals surface area contributed by atoms with Gasteiger partial charge in [0.2, 0.25) is 0 Å². The third-order valence-electron chi connectivity index (χ3n) is 3.03. The lowest BCUT2D eigenvalue weighted by molar-refractivity contribution is 0.0697. The third kappa shape index (κ3) is 3.00. The predicted octanol–water partition coefficient (Wildman–Crippen LogP) is 2.38. The molecule has 0 radical (unpaired) electrons. The molecule has 6 heteroatoms. The molecule has 108 valence electrons. The number of nitrogens with two attached hydrogens (primary N) is 1. The molecule has 0 fully saturated rings. The number of rotatable bonds is 3. The highest BCUT2D eigenvalue weighted by molar-refractivity contribution is 6.07. The van der Waals surface area contributed by atoms with E-state index >= 15 is 0 Å². The van der Waals surface area contributed by atoms with E-state index in [1.807, 2.05) is 0 Å². The van der Waals surface area contributed by atoms with Gasteiger partial charge in [0.05, 0.1) is 16.9 Å². The highest BCUT2D eigenvalue weighted by Gasteiger charge is 2.16. The smallest absolute Gasteiger partial charge is 0.335 e. The van der Waals surface area contributed by atoms with Crippen molar-refractivity contribution in [2.24, 2.45) is 0 Å². The Kier molecular flexibility index (Phi) is 3.89. The zero-order valence-electron chi connectivity index (χ0n) is 11.2. The van der Waals surface area contributed by atoms with Gasteiger partial charge in [-0.25, -0.2) is 9.18 Å². The van der Waals surface area contributed by atoms with E-state index in [4.69, 9.17) is 10.8 Å². The minimum Gasteiger partial charge on any atom is -0.478 e. The molecule has 5 nitrogen and oxygen atoms in total. The molecule has 0 unspecified atom stereocenters. The molecule has 0 saturated heterocycles. The summed E-state index contributed by atoms with van der Waals surface area (Å²) in [4.78, 5) is 24.4. The van der Waals surface area contributed by atoms with E-state index in [1.165, 1.54) is 54.4 Å². The number of halogens is 1. The van der Waals surface area contributed by atoms with Crippen molar-refractivity contribution in [2.45, 2.75) is 0 Å². The topological polar surface area (TPSA) is 83.6 Å². The van der Waals surface area contributed by atoms with Gasteiger partial charge in [-0.1, -0.05) is 0 Å². The summed E-state index contributed by atoms with van der Waals surface area (Å²) in [6.07, 6.45) is 0. The van der Waals surface area contributed by atoms with Gasteiger partial charge in [-0.15, -0.1) is 0 Å². The van der Waals surface area contributed by atoms with E-state index < -0.39 is 11.8 Å². The molecule has 0 spiro atoms. The molecule has 0 aliphatic heterocycles. The van der Waals surface area contributed by atoms with Crippen LogP contribution in [-0.2, 0) is 0 Å². The van der Waals surface area contributed by atoms with Crippen LogP contribution in [0.4, 0.5) is 15.8 Å². The summed E-state index contributed by atoms with van der Waals surface area (Å²) >= 11 is 0. The third-order valence-corrected chi connectivity index (χ3v) is 3.03. The Balaban J connectivity index is 2.31. The molecule has 0 bridgehead atoms. The van der Waals surface area contributed by atoms with Crippen molar-refractivity contribution in [1.82, 2.24) is 0 Å². The Morgan fingerprint density at radius 1 is 1.10 bits per heavy atom. The van der Waals surface area contributed by atoms with E-state index in [9.17, 15) is 14.0 Å². The van der Waals surface area contributed by atoms with Gasteiger partial charge in [0, 0.05) is 12.6 Å². The van der Waals surface area contributed by atoms with Gasteiger partial charge in [0.15, 0.2) is 0 Å². The van der Waals surface area contributed by atoms with Crippen LogP contribution >= 0.6 is 0 Å². The molecular weight excluding hydrogens is 275 g/mol. The Hall–Kier alpha value is -2.89. The van der Waals surface area contributed by atoms with Crippen LogP contribution < -0.4 is 10.6 Å². The monoisotopic (exact) mass is 288 g/mol. The molecule has 0 atom stereocenters. The van der Waals surface area contributed by atoms with E-state index in [-0.39, 0.29) is 17.2 Å². The summed E-state index contributed by atoms with van der Waals surface area (Å²) < 4.78 is 12.9. The summed E-state index contributed by atoms with van der Waals surface area (Å²) in [5.41, 5.74) is 6.69. The first-order valence-electron chi connectivity index (χ1n) is 6.06.